The average Bonchev–Trinajstić information content (AvgIpc) is 3.58. The van der Waals surface area contributed by atoms with Gasteiger partial charge in [0.05, 0.1) is 19.6 Å². The van der Waals surface area contributed by atoms with Crippen LogP contribution in [0.5, 0.6) is 17.2 Å². The van der Waals surface area contributed by atoms with E-state index in [9.17, 15) is 19.5 Å². The molecule has 3 atom stereocenters. The first-order valence-corrected chi connectivity index (χ1v) is 14.5. The summed E-state index contributed by atoms with van der Waals surface area (Å²) < 4.78 is 18.3. The van der Waals surface area contributed by atoms with Gasteiger partial charge in [-0.1, -0.05) is 19.4 Å². The van der Waals surface area contributed by atoms with Gasteiger partial charge in [0.15, 0.2) is 11.5 Å². The molecule has 0 bridgehead atoms. The van der Waals surface area contributed by atoms with E-state index in [0.29, 0.717) is 56.4 Å². The van der Waals surface area contributed by atoms with E-state index in [1.165, 1.54) is 13.2 Å². The number of aryl methyl sites for hydroxylation is 1. The predicted octanol–water partition coefficient (Wildman–Crippen LogP) is 2.51. The number of carbonyl (C=O) groups is 2. The normalized spacial score (nSPS) is 19.8. The van der Waals surface area contributed by atoms with Crippen molar-refractivity contribution in [2.24, 2.45) is 11.7 Å². The zero-order chi connectivity index (χ0) is 29.4. The second-order valence-corrected chi connectivity index (χ2v) is 10.7. The summed E-state index contributed by atoms with van der Waals surface area (Å²) in [5.74, 6) is -0.723. The quantitative estimate of drug-likeness (QED) is 0.310. The number of carboxylic acid groups (broad SMARTS) is 1. The van der Waals surface area contributed by atoms with Gasteiger partial charge in [-0.05, 0) is 56.0 Å². The number of aromatic nitrogens is 1. The number of methoxy groups -OCH3 is 1. The van der Waals surface area contributed by atoms with E-state index in [2.05, 4.69) is 6.92 Å². The minimum atomic E-state index is -0.947. The Kier molecular flexibility index (Phi) is 10.6. The lowest BCUT2D eigenvalue weighted by atomic mass is 9.84. The summed E-state index contributed by atoms with van der Waals surface area (Å²) in [5, 5.41) is 10.5. The first-order chi connectivity index (χ1) is 19.9. The van der Waals surface area contributed by atoms with Crippen molar-refractivity contribution in [1.82, 2.24) is 14.4 Å². The molecular weight excluding hydrogens is 528 g/mol. The highest BCUT2D eigenvalue weighted by molar-refractivity contribution is 5.79. The van der Waals surface area contributed by atoms with Crippen molar-refractivity contribution in [2.45, 2.75) is 57.5 Å². The number of carboxylic acids is 1. The zero-order valence-corrected chi connectivity index (χ0v) is 24.0. The molecule has 1 aromatic heterocycles. The fraction of sp³-hybridized carbons (Fsp3) is 0.567. The van der Waals surface area contributed by atoms with Crippen LogP contribution in [-0.2, 0) is 16.1 Å². The number of likely N-dealkylation sites (tertiary alicyclic amines) is 1. The fourth-order valence-corrected chi connectivity index (χ4v) is 5.90. The predicted molar refractivity (Wildman–Crippen MR) is 153 cm³/mol. The first-order valence-electron chi connectivity index (χ1n) is 14.5. The number of benzene rings is 1. The molecule has 0 saturated carbocycles. The number of unbranched alkanes of at least 4 members (excludes halogenated alkanes) is 2. The van der Waals surface area contributed by atoms with Crippen molar-refractivity contribution >= 4 is 11.9 Å². The molecule has 224 valence electrons. The van der Waals surface area contributed by atoms with Gasteiger partial charge in [-0.15, -0.1) is 0 Å². The number of amides is 1. The number of nitrogens with two attached hydrogens (primary N) is 1. The number of aliphatic carboxylic acids is 1. The summed E-state index contributed by atoms with van der Waals surface area (Å²) in [5.41, 5.74) is 6.29. The van der Waals surface area contributed by atoms with Crippen molar-refractivity contribution in [2.75, 3.05) is 46.6 Å². The second kappa shape index (κ2) is 14.4. The minimum absolute atomic E-state index is 0.0228. The molecule has 1 fully saturated rings. The number of pyridine rings is 1. The van der Waals surface area contributed by atoms with E-state index in [1.54, 1.807) is 29.0 Å². The van der Waals surface area contributed by atoms with Crippen LogP contribution in [0, 0.1) is 5.92 Å². The van der Waals surface area contributed by atoms with Crippen LogP contribution in [0.2, 0.25) is 0 Å². The Morgan fingerprint density at radius 3 is 2.68 bits per heavy atom. The third kappa shape index (κ3) is 7.20. The maximum absolute atomic E-state index is 13.6. The van der Waals surface area contributed by atoms with Gasteiger partial charge in [0.1, 0.15) is 0 Å². The lowest BCUT2D eigenvalue weighted by molar-refractivity contribution is -0.144. The van der Waals surface area contributed by atoms with Crippen LogP contribution in [0.4, 0.5) is 0 Å². The molecule has 1 amide bonds. The Bertz CT molecular complexity index is 1250. The average molecular weight is 571 g/mol. The van der Waals surface area contributed by atoms with Gasteiger partial charge in [-0.25, -0.2) is 0 Å². The molecule has 4 rings (SSSR count). The van der Waals surface area contributed by atoms with Gasteiger partial charge in [0.25, 0.3) is 0 Å². The van der Waals surface area contributed by atoms with Gasteiger partial charge >= 0.3 is 5.97 Å². The minimum Gasteiger partial charge on any atom is -0.493 e. The summed E-state index contributed by atoms with van der Waals surface area (Å²) in [4.78, 5) is 42.8. The molecule has 1 saturated heterocycles. The number of hydrogen-bond donors (Lipinski definition) is 2. The lowest BCUT2D eigenvalue weighted by Crippen LogP contribution is -2.45. The Morgan fingerprint density at radius 2 is 1.98 bits per heavy atom. The molecule has 1 aromatic carbocycles. The Hall–Kier alpha value is -3.57. The number of nitrogens with zero attached hydrogens (tertiary/aromatic N) is 3. The smallest absolute Gasteiger partial charge is 0.308 e. The number of ether oxygens (including phenoxy) is 3. The number of carbonyl (C=O) groups excluding carboxylic acids is 1. The highest BCUT2D eigenvalue weighted by Gasteiger charge is 2.47. The third-order valence-electron chi connectivity index (χ3n) is 8.06. The SMILES string of the molecule is CCCCN(CCCCN)C(=O)CN1C[C@H](c2cc(OC)c3c(c2)OCO3)[C@@H](C(=O)O)[C@@H]1CCn1ccccc1=O. The molecular formula is C30H42N4O7. The maximum atomic E-state index is 13.6. The zero-order valence-electron chi connectivity index (χ0n) is 24.0. The first kappa shape index (κ1) is 30.4. The van der Waals surface area contributed by atoms with Crippen molar-refractivity contribution in [3.05, 3.63) is 52.4 Å². The molecule has 41 heavy (non-hydrogen) atoms. The molecule has 0 unspecified atom stereocenters. The number of hydrogen-bond acceptors (Lipinski definition) is 8. The Balaban J connectivity index is 1.64. The topological polar surface area (TPSA) is 137 Å². The van der Waals surface area contributed by atoms with Crippen molar-refractivity contribution < 1.29 is 28.9 Å². The molecule has 3 heterocycles. The highest BCUT2D eigenvalue weighted by atomic mass is 16.7. The fourth-order valence-electron chi connectivity index (χ4n) is 5.90. The van der Waals surface area contributed by atoms with Gasteiger partial charge in [-0.2, -0.15) is 0 Å². The van der Waals surface area contributed by atoms with E-state index < -0.39 is 23.8 Å². The van der Waals surface area contributed by atoms with E-state index in [1.807, 2.05) is 15.9 Å². The van der Waals surface area contributed by atoms with Crippen LogP contribution < -0.4 is 25.5 Å². The van der Waals surface area contributed by atoms with Crippen molar-refractivity contribution in [1.29, 1.82) is 0 Å². The monoisotopic (exact) mass is 570 g/mol. The summed E-state index contributed by atoms with van der Waals surface area (Å²) >= 11 is 0. The number of rotatable bonds is 15. The summed E-state index contributed by atoms with van der Waals surface area (Å²) in [6.45, 7) is 4.81. The third-order valence-corrected chi connectivity index (χ3v) is 8.06. The van der Waals surface area contributed by atoms with Gasteiger partial charge in [0.2, 0.25) is 24.0 Å². The molecule has 0 aliphatic carbocycles. The van der Waals surface area contributed by atoms with Crippen molar-refractivity contribution in [3.8, 4) is 17.2 Å². The van der Waals surface area contributed by atoms with Crippen LogP contribution in [0.25, 0.3) is 0 Å². The van der Waals surface area contributed by atoms with E-state index in [-0.39, 0.29) is 24.8 Å². The van der Waals surface area contributed by atoms with Crippen LogP contribution in [0.3, 0.4) is 0 Å². The molecule has 11 heteroatoms. The summed E-state index contributed by atoms with van der Waals surface area (Å²) in [6.07, 6.45) is 5.62. The van der Waals surface area contributed by atoms with Crippen molar-refractivity contribution in [3.63, 3.8) is 0 Å². The van der Waals surface area contributed by atoms with Crippen LogP contribution in [0.1, 0.15) is 50.5 Å². The summed E-state index contributed by atoms with van der Waals surface area (Å²) in [7, 11) is 1.53. The number of fused-ring (bicyclic) bond motifs is 1. The van der Waals surface area contributed by atoms with Crippen LogP contribution in [0.15, 0.2) is 41.3 Å². The lowest BCUT2D eigenvalue weighted by Gasteiger charge is -2.30. The van der Waals surface area contributed by atoms with Gasteiger partial charge < -0.3 is 34.5 Å². The van der Waals surface area contributed by atoms with Crippen LogP contribution >= 0.6 is 0 Å². The highest BCUT2D eigenvalue weighted by Crippen LogP contribution is 2.47. The molecule has 3 N–H and O–H groups in total. The van der Waals surface area contributed by atoms with E-state index >= 15 is 0 Å². The summed E-state index contributed by atoms with van der Waals surface area (Å²) in [6, 6.07) is 8.09. The molecule has 2 aliphatic heterocycles. The van der Waals surface area contributed by atoms with E-state index in [4.69, 9.17) is 19.9 Å². The van der Waals surface area contributed by atoms with Crippen LogP contribution in [-0.4, -0.2) is 84.0 Å². The molecule has 2 aliphatic rings. The van der Waals surface area contributed by atoms with E-state index in [0.717, 1.165) is 31.2 Å². The maximum Gasteiger partial charge on any atom is 0.308 e. The molecule has 11 nitrogen and oxygen atoms in total. The Morgan fingerprint density at radius 1 is 1.17 bits per heavy atom. The Labute approximate surface area is 240 Å². The molecule has 0 radical (unpaired) electrons. The molecule has 2 aromatic rings. The largest absolute Gasteiger partial charge is 0.493 e. The van der Waals surface area contributed by atoms with Gasteiger partial charge in [0, 0.05) is 50.4 Å². The second-order valence-electron chi connectivity index (χ2n) is 10.7. The van der Waals surface area contributed by atoms with Gasteiger partial charge in [-0.3, -0.25) is 19.3 Å². The molecule has 0 spiro atoms. The standard InChI is InChI=1S/C30H42N4O7/c1-3-4-12-32(14-8-6-11-31)27(36)19-34-18-22(21-16-24(39-2)29-25(17-21)40-20-41-29)28(30(37)38)23(34)10-15-33-13-7-5-9-26(33)35/h5,7,9,13,16-17,22-23,28H,3-4,6,8,10-12,14-15,18-20,31H2,1-2H3,(H,37,38)/t22-,23+,28-/m1/s1.